The van der Waals surface area contributed by atoms with Crippen LogP contribution in [-0.2, 0) is 14.9 Å². The van der Waals surface area contributed by atoms with Gasteiger partial charge in [-0.25, -0.2) is 9.78 Å². The summed E-state index contributed by atoms with van der Waals surface area (Å²) in [5, 5.41) is 13.7. The van der Waals surface area contributed by atoms with E-state index in [1.54, 1.807) is 29.9 Å². The average molecular weight is 603 g/mol. The smallest absolute Gasteiger partial charge is 0.319 e. The number of esters is 1. The van der Waals surface area contributed by atoms with E-state index in [4.69, 9.17) is 21.1 Å². The number of hydrogen-bond acceptors (Lipinski definition) is 6. The molecular weight excluding hydrogens is 556 g/mol. The van der Waals surface area contributed by atoms with E-state index in [2.05, 4.69) is 53.5 Å². The van der Waals surface area contributed by atoms with Crippen LogP contribution in [0.5, 0.6) is 5.75 Å². The monoisotopic (exact) mass is 602 g/mol. The lowest BCUT2D eigenvalue weighted by Gasteiger charge is -2.16. The molecule has 11 heteroatoms. The number of nitrogens with one attached hydrogen (secondary N) is 3. The third kappa shape index (κ3) is 9.93. The van der Waals surface area contributed by atoms with Crippen LogP contribution in [0.15, 0.2) is 18.2 Å². The van der Waals surface area contributed by atoms with Gasteiger partial charge >= 0.3 is 12.0 Å². The summed E-state index contributed by atoms with van der Waals surface area (Å²) in [5.41, 5.74) is 2.27. The Labute approximate surface area is 254 Å². The second-order valence-corrected chi connectivity index (χ2v) is 12.0. The van der Waals surface area contributed by atoms with Gasteiger partial charge in [-0.15, -0.1) is 5.10 Å². The Morgan fingerprint density at radius 1 is 1.02 bits per heavy atom. The molecule has 0 saturated heterocycles. The van der Waals surface area contributed by atoms with Gasteiger partial charge in [0.2, 0.25) is 0 Å². The van der Waals surface area contributed by atoms with Crippen molar-refractivity contribution in [2.24, 2.45) is 0 Å². The highest BCUT2D eigenvalue weighted by molar-refractivity contribution is 6.34. The number of aromatic nitrogens is 4. The van der Waals surface area contributed by atoms with E-state index in [1.165, 1.54) is 51.4 Å². The van der Waals surface area contributed by atoms with Crippen molar-refractivity contribution in [2.75, 3.05) is 25.6 Å². The molecule has 0 aliphatic carbocycles. The number of anilines is 1. The third-order valence-corrected chi connectivity index (χ3v) is 7.42. The molecule has 0 aliphatic heterocycles. The van der Waals surface area contributed by atoms with Crippen molar-refractivity contribution < 1.29 is 19.1 Å². The molecule has 0 saturated carbocycles. The van der Waals surface area contributed by atoms with Crippen molar-refractivity contribution in [1.29, 1.82) is 0 Å². The van der Waals surface area contributed by atoms with Crippen molar-refractivity contribution in [3.05, 3.63) is 28.9 Å². The molecule has 0 spiro atoms. The van der Waals surface area contributed by atoms with E-state index in [9.17, 15) is 9.59 Å². The van der Waals surface area contributed by atoms with Gasteiger partial charge in [0, 0.05) is 17.6 Å². The molecule has 10 nitrogen and oxygen atoms in total. The van der Waals surface area contributed by atoms with Crippen molar-refractivity contribution in [1.82, 2.24) is 25.1 Å². The van der Waals surface area contributed by atoms with E-state index in [0.29, 0.717) is 40.1 Å². The fourth-order valence-electron chi connectivity index (χ4n) is 4.67. The lowest BCUT2D eigenvalue weighted by molar-refractivity contribution is -0.143. The number of halogens is 1. The maximum absolute atomic E-state index is 12.5. The third-order valence-electron chi connectivity index (χ3n) is 7.06. The highest BCUT2D eigenvalue weighted by atomic mass is 35.5. The first-order chi connectivity index (χ1) is 20.1. The molecule has 3 rings (SSSR count). The van der Waals surface area contributed by atoms with Crippen LogP contribution in [0.2, 0.25) is 5.02 Å². The quantitative estimate of drug-likeness (QED) is 0.108. The zero-order valence-electron chi connectivity index (χ0n) is 25.8. The maximum atomic E-state index is 12.5. The van der Waals surface area contributed by atoms with Gasteiger partial charge in [0.15, 0.2) is 11.5 Å². The molecule has 0 atom stereocenters. The highest BCUT2D eigenvalue weighted by Crippen LogP contribution is 2.34. The number of H-pyrrole nitrogens is 1. The number of aromatic amines is 1. The van der Waals surface area contributed by atoms with Crippen LogP contribution in [0.25, 0.3) is 17.0 Å². The lowest BCUT2D eigenvalue weighted by Crippen LogP contribution is -2.30. The molecule has 0 fully saturated rings. The van der Waals surface area contributed by atoms with Crippen LogP contribution < -0.4 is 15.4 Å². The van der Waals surface area contributed by atoms with Gasteiger partial charge in [-0.1, -0.05) is 97.1 Å². The summed E-state index contributed by atoms with van der Waals surface area (Å²) in [6.07, 6.45) is 12.4. The standard InChI is InChI=1S/C31H47ClN6O4/c1-6-7-8-9-10-11-12-13-14-15-20-42-25(39)18-19-33-30(40)34-22-16-17-24(41-5)23(21-22)28-35-29-26(32)27(31(2,3)4)36-38(29)37-28/h16-17,21,36H,6-15,18-20H2,1-5H3,(H2,33,34,40). The summed E-state index contributed by atoms with van der Waals surface area (Å²) in [4.78, 5) is 29.1. The molecule has 2 amide bonds. The summed E-state index contributed by atoms with van der Waals surface area (Å²) >= 11 is 6.58. The zero-order valence-corrected chi connectivity index (χ0v) is 26.5. The van der Waals surface area contributed by atoms with Crippen LogP contribution in [0.1, 0.15) is 104 Å². The topological polar surface area (TPSA) is 123 Å². The van der Waals surface area contributed by atoms with Crippen LogP contribution in [0.3, 0.4) is 0 Å². The van der Waals surface area contributed by atoms with Crippen molar-refractivity contribution >= 4 is 34.9 Å². The Morgan fingerprint density at radius 2 is 1.69 bits per heavy atom. The molecule has 2 aromatic heterocycles. The Hall–Kier alpha value is -3.27. The summed E-state index contributed by atoms with van der Waals surface area (Å²) in [6.45, 7) is 8.99. The number of fused-ring (bicyclic) bond motifs is 1. The lowest BCUT2D eigenvalue weighted by atomic mass is 9.92. The predicted molar refractivity (Wildman–Crippen MR) is 167 cm³/mol. The van der Waals surface area contributed by atoms with Crippen LogP contribution >= 0.6 is 11.6 Å². The van der Waals surface area contributed by atoms with E-state index in [-0.39, 0.29) is 24.3 Å². The van der Waals surface area contributed by atoms with E-state index >= 15 is 0 Å². The molecule has 0 radical (unpaired) electrons. The molecule has 0 bridgehead atoms. The molecule has 42 heavy (non-hydrogen) atoms. The van der Waals surface area contributed by atoms with Gasteiger partial charge in [-0.3, -0.25) is 9.89 Å². The van der Waals surface area contributed by atoms with Crippen molar-refractivity contribution in [3.8, 4) is 17.1 Å². The van der Waals surface area contributed by atoms with E-state index in [0.717, 1.165) is 18.5 Å². The molecular formula is C31H47ClN6O4. The number of benzene rings is 1. The van der Waals surface area contributed by atoms with E-state index in [1.807, 2.05) is 0 Å². The first kappa shape index (κ1) is 33.2. The van der Waals surface area contributed by atoms with Crippen LogP contribution in [0, 0.1) is 0 Å². The maximum Gasteiger partial charge on any atom is 0.319 e. The number of methoxy groups -OCH3 is 1. The number of amides is 2. The number of unbranched alkanes of at least 4 members (excludes halogenated alkanes) is 9. The molecule has 2 heterocycles. The normalized spacial score (nSPS) is 11.6. The molecule has 1 aromatic carbocycles. The number of carbonyl (C=O) groups excluding carboxylic acids is 2. The number of urea groups is 1. The summed E-state index contributed by atoms with van der Waals surface area (Å²) in [6, 6.07) is 4.74. The Balaban J connectivity index is 1.40. The predicted octanol–water partition coefficient (Wildman–Crippen LogP) is 7.66. The van der Waals surface area contributed by atoms with Gasteiger partial charge in [0.25, 0.3) is 0 Å². The molecule has 0 aliphatic rings. The Bertz CT molecular complexity index is 1300. The first-order valence-electron chi connectivity index (χ1n) is 15.2. The fourth-order valence-corrected chi connectivity index (χ4v) is 5.12. The SMILES string of the molecule is CCCCCCCCCCCCOC(=O)CCNC(=O)Nc1ccc(OC)c(-c2nc3c(Cl)c(C(C)(C)C)[nH]n3n2)c1. The zero-order chi connectivity index (χ0) is 30.5. The molecule has 0 unspecified atom stereocenters. The number of ether oxygens (including phenoxy) is 2. The van der Waals surface area contributed by atoms with Gasteiger partial charge in [0.05, 0.1) is 31.4 Å². The van der Waals surface area contributed by atoms with Crippen LogP contribution in [0.4, 0.5) is 10.5 Å². The second kappa shape index (κ2) is 16.4. The van der Waals surface area contributed by atoms with Gasteiger partial charge in [0.1, 0.15) is 10.8 Å². The first-order valence-corrected chi connectivity index (χ1v) is 15.6. The summed E-state index contributed by atoms with van der Waals surface area (Å²) in [5.74, 6) is 0.633. The van der Waals surface area contributed by atoms with E-state index < -0.39 is 6.03 Å². The van der Waals surface area contributed by atoms with Crippen molar-refractivity contribution in [3.63, 3.8) is 0 Å². The Kier molecular flexibility index (Phi) is 13.0. The Morgan fingerprint density at radius 3 is 2.31 bits per heavy atom. The van der Waals surface area contributed by atoms with Gasteiger partial charge in [-0.05, 0) is 24.6 Å². The minimum Gasteiger partial charge on any atom is -0.496 e. The second-order valence-electron chi connectivity index (χ2n) is 11.7. The number of rotatable bonds is 17. The fraction of sp³-hybridized carbons (Fsp3) is 0.613. The number of hydrogen-bond donors (Lipinski definition) is 3. The van der Waals surface area contributed by atoms with Crippen LogP contribution in [-0.4, -0.2) is 52.1 Å². The van der Waals surface area contributed by atoms with Crippen molar-refractivity contribution in [2.45, 2.75) is 104 Å². The number of carbonyl (C=O) groups is 2. The molecule has 3 aromatic rings. The largest absolute Gasteiger partial charge is 0.496 e. The summed E-state index contributed by atoms with van der Waals surface area (Å²) < 4.78 is 12.3. The molecule has 232 valence electrons. The number of nitrogens with zero attached hydrogens (tertiary/aromatic N) is 3. The average Bonchev–Trinajstić information content (AvgIpc) is 3.51. The highest BCUT2D eigenvalue weighted by Gasteiger charge is 2.25. The van der Waals surface area contributed by atoms with Gasteiger partial charge < -0.3 is 20.1 Å². The minimum absolute atomic E-state index is 0.112. The molecule has 3 N–H and O–H groups in total. The minimum atomic E-state index is -0.434. The summed E-state index contributed by atoms with van der Waals surface area (Å²) in [7, 11) is 1.56. The van der Waals surface area contributed by atoms with Gasteiger partial charge in [-0.2, -0.15) is 4.63 Å².